The number of rotatable bonds is 3. The molecule has 0 saturated heterocycles. The summed E-state index contributed by atoms with van der Waals surface area (Å²) < 4.78 is 10.5. The van der Waals surface area contributed by atoms with Crippen molar-refractivity contribution in [3.63, 3.8) is 0 Å². The van der Waals surface area contributed by atoms with E-state index in [1.807, 2.05) is 25.1 Å². The van der Waals surface area contributed by atoms with Crippen molar-refractivity contribution in [1.82, 2.24) is 0 Å². The third-order valence-corrected chi connectivity index (χ3v) is 3.39. The van der Waals surface area contributed by atoms with Crippen LogP contribution >= 0.6 is 11.8 Å². The topological polar surface area (TPSA) is 42.2 Å². The molecule has 1 aliphatic rings. The predicted octanol–water partition coefficient (Wildman–Crippen LogP) is 2.81. The quantitative estimate of drug-likeness (QED) is 0.736. The summed E-state index contributed by atoms with van der Waals surface area (Å²) in [4.78, 5) is 1.05. The first-order valence-corrected chi connectivity index (χ1v) is 5.67. The van der Waals surface area contributed by atoms with Crippen LogP contribution in [0.5, 0.6) is 11.5 Å². The largest absolute Gasteiger partial charge is 0.454 e. The Bertz CT molecular complexity index is 400. The van der Waals surface area contributed by atoms with Gasteiger partial charge in [0.05, 0.1) is 11.3 Å². The third-order valence-electron chi connectivity index (χ3n) is 2.14. The smallest absolute Gasteiger partial charge is 0.231 e. The van der Waals surface area contributed by atoms with E-state index >= 15 is 0 Å². The van der Waals surface area contributed by atoms with E-state index < -0.39 is 0 Å². The van der Waals surface area contributed by atoms with Crippen LogP contribution in [-0.4, -0.2) is 12.0 Å². The van der Waals surface area contributed by atoms with Crippen molar-refractivity contribution in [2.75, 3.05) is 6.79 Å². The first kappa shape index (κ1) is 10.2. The van der Waals surface area contributed by atoms with Crippen molar-refractivity contribution in [2.45, 2.75) is 23.5 Å². The van der Waals surface area contributed by atoms with Crippen LogP contribution in [0.4, 0.5) is 0 Å². The summed E-state index contributed by atoms with van der Waals surface area (Å²) in [6, 6.07) is 8.02. The summed E-state index contributed by atoms with van der Waals surface area (Å²) >= 11 is 1.56. The number of nitrogens with zero attached hydrogens (tertiary/aromatic N) is 1. The van der Waals surface area contributed by atoms with Crippen molar-refractivity contribution < 1.29 is 9.47 Å². The SMILES string of the molecule is CCC(C#N)Sc1ccc2c(c1)OCO2. The van der Waals surface area contributed by atoms with Gasteiger partial charge in [0, 0.05) is 4.90 Å². The summed E-state index contributed by atoms with van der Waals surface area (Å²) in [5, 5.41) is 8.86. The van der Waals surface area contributed by atoms with Gasteiger partial charge < -0.3 is 9.47 Å². The number of ether oxygens (including phenoxy) is 2. The Labute approximate surface area is 93.0 Å². The highest BCUT2D eigenvalue weighted by Crippen LogP contribution is 2.36. The number of hydrogen-bond donors (Lipinski definition) is 0. The van der Waals surface area contributed by atoms with Gasteiger partial charge in [0.25, 0.3) is 0 Å². The van der Waals surface area contributed by atoms with Crippen LogP contribution in [0.3, 0.4) is 0 Å². The van der Waals surface area contributed by atoms with E-state index in [-0.39, 0.29) is 5.25 Å². The second kappa shape index (κ2) is 4.45. The fourth-order valence-electron chi connectivity index (χ4n) is 1.32. The lowest BCUT2D eigenvalue weighted by Crippen LogP contribution is -1.94. The number of nitriles is 1. The Hall–Kier alpha value is -1.34. The molecule has 0 aliphatic carbocycles. The molecule has 1 heterocycles. The summed E-state index contributed by atoms with van der Waals surface area (Å²) in [6.07, 6.45) is 0.843. The molecule has 0 radical (unpaired) electrons. The fourth-order valence-corrected chi connectivity index (χ4v) is 2.19. The molecule has 1 aromatic rings. The molecule has 3 nitrogen and oxygen atoms in total. The Morgan fingerprint density at radius 1 is 1.47 bits per heavy atom. The summed E-state index contributed by atoms with van der Waals surface area (Å²) in [5.74, 6) is 1.55. The van der Waals surface area contributed by atoms with Crippen molar-refractivity contribution >= 4 is 11.8 Å². The summed E-state index contributed by atoms with van der Waals surface area (Å²) in [5.41, 5.74) is 0. The van der Waals surface area contributed by atoms with E-state index in [9.17, 15) is 0 Å². The highest BCUT2D eigenvalue weighted by Gasteiger charge is 2.15. The van der Waals surface area contributed by atoms with E-state index in [2.05, 4.69) is 6.07 Å². The lowest BCUT2D eigenvalue weighted by Gasteiger charge is -2.06. The maximum Gasteiger partial charge on any atom is 0.231 e. The van der Waals surface area contributed by atoms with Crippen molar-refractivity contribution in [3.05, 3.63) is 18.2 Å². The van der Waals surface area contributed by atoms with Crippen LogP contribution < -0.4 is 9.47 Å². The molecular formula is C11H11NO2S. The van der Waals surface area contributed by atoms with Gasteiger partial charge in [-0.05, 0) is 24.6 Å². The van der Waals surface area contributed by atoms with Crippen molar-refractivity contribution in [1.29, 1.82) is 5.26 Å². The molecule has 0 spiro atoms. The van der Waals surface area contributed by atoms with Crippen LogP contribution in [-0.2, 0) is 0 Å². The second-order valence-corrected chi connectivity index (χ2v) is 4.44. The Kier molecular flexibility index (Phi) is 3.02. The highest BCUT2D eigenvalue weighted by molar-refractivity contribution is 8.00. The summed E-state index contributed by atoms with van der Waals surface area (Å²) in [7, 11) is 0. The van der Waals surface area contributed by atoms with Crippen LogP contribution in [0, 0.1) is 11.3 Å². The monoisotopic (exact) mass is 221 g/mol. The van der Waals surface area contributed by atoms with Gasteiger partial charge in [-0.3, -0.25) is 0 Å². The zero-order chi connectivity index (χ0) is 10.7. The Morgan fingerprint density at radius 2 is 2.27 bits per heavy atom. The highest BCUT2D eigenvalue weighted by atomic mass is 32.2. The van der Waals surface area contributed by atoms with Crippen LogP contribution in [0.25, 0.3) is 0 Å². The maximum absolute atomic E-state index is 8.85. The molecule has 1 aromatic carbocycles. The van der Waals surface area contributed by atoms with E-state index in [1.54, 1.807) is 11.8 Å². The minimum atomic E-state index is 0.00497. The lowest BCUT2D eigenvalue weighted by atomic mass is 10.3. The van der Waals surface area contributed by atoms with Crippen LogP contribution in [0.1, 0.15) is 13.3 Å². The number of benzene rings is 1. The number of thioether (sulfide) groups is 1. The average molecular weight is 221 g/mol. The fraction of sp³-hybridized carbons (Fsp3) is 0.364. The van der Waals surface area contributed by atoms with Gasteiger partial charge in [-0.25, -0.2) is 0 Å². The minimum absolute atomic E-state index is 0.00497. The standard InChI is InChI=1S/C11H11NO2S/c1-2-8(6-12)15-9-3-4-10-11(5-9)14-7-13-10/h3-5,8H,2,7H2,1H3. The first-order chi connectivity index (χ1) is 7.33. The van der Waals surface area contributed by atoms with E-state index in [1.165, 1.54) is 0 Å². The van der Waals surface area contributed by atoms with Gasteiger partial charge in [-0.2, -0.15) is 5.26 Å². The van der Waals surface area contributed by atoms with E-state index in [4.69, 9.17) is 14.7 Å². The molecule has 1 aliphatic heterocycles. The normalized spacial score (nSPS) is 14.7. The van der Waals surface area contributed by atoms with Crippen LogP contribution in [0.2, 0.25) is 0 Å². The molecule has 0 bridgehead atoms. The maximum atomic E-state index is 8.85. The molecule has 78 valence electrons. The molecule has 2 rings (SSSR count). The van der Waals surface area contributed by atoms with Gasteiger partial charge in [0.2, 0.25) is 6.79 Å². The van der Waals surface area contributed by atoms with Crippen molar-refractivity contribution in [2.24, 2.45) is 0 Å². The molecule has 15 heavy (non-hydrogen) atoms. The van der Waals surface area contributed by atoms with Crippen LogP contribution in [0.15, 0.2) is 23.1 Å². The predicted molar refractivity (Wildman–Crippen MR) is 58.1 cm³/mol. The molecule has 4 heteroatoms. The second-order valence-electron chi connectivity index (χ2n) is 3.16. The van der Waals surface area contributed by atoms with Gasteiger partial charge >= 0.3 is 0 Å². The number of hydrogen-bond acceptors (Lipinski definition) is 4. The average Bonchev–Trinajstić information content (AvgIpc) is 2.73. The lowest BCUT2D eigenvalue weighted by molar-refractivity contribution is 0.174. The molecule has 0 N–H and O–H groups in total. The Morgan fingerprint density at radius 3 is 3.00 bits per heavy atom. The zero-order valence-electron chi connectivity index (χ0n) is 8.40. The van der Waals surface area contributed by atoms with E-state index in [0.717, 1.165) is 22.8 Å². The molecule has 0 fully saturated rings. The van der Waals surface area contributed by atoms with Gasteiger partial charge in [0.1, 0.15) is 0 Å². The first-order valence-electron chi connectivity index (χ1n) is 4.79. The third kappa shape index (κ3) is 2.18. The molecule has 0 amide bonds. The zero-order valence-corrected chi connectivity index (χ0v) is 9.21. The van der Waals surface area contributed by atoms with Gasteiger partial charge in [0.15, 0.2) is 11.5 Å². The minimum Gasteiger partial charge on any atom is -0.454 e. The molecule has 1 atom stereocenters. The number of fused-ring (bicyclic) bond motifs is 1. The van der Waals surface area contributed by atoms with Crippen molar-refractivity contribution in [3.8, 4) is 17.6 Å². The molecule has 1 unspecified atom stereocenters. The Balaban J connectivity index is 2.13. The molecule has 0 saturated carbocycles. The van der Waals surface area contributed by atoms with Gasteiger partial charge in [-0.15, -0.1) is 11.8 Å². The van der Waals surface area contributed by atoms with Gasteiger partial charge in [-0.1, -0.05) is 6.92 Å². The van der Waals surface area contributed by atoms with E-state index in [0.29, 0.717) is 6.79 Å². The summed E-state index contributed by atoms with van der Waals surface area (Å²) in [6.45, 7) is 2.30. The molecular weight excluding hydrogens is 210 g/mol. The molecule has 0 aromatic heterocycles.